The van der Waals surface area contributed by atoms with E-state index in [4.69, 9.17) is 0 Å². The highest BCUT2D eigenvalue weighted by atomic mass is 16.6. The first-order valence-electron chi connectivity index (χ1n) is 7.49. The molecule has 1 aliphatic heterocycles. The monoisotopic (exact) mass is 315 g/mol. The SMILES string of the molecule is Cc1ccc([N+](=O)[O-])cc1C(=O)N1CCCC[C@@H]1c1ncn[nH]1. The smallest absolute Gasteiger partial charge is 0.270 e. The number of piperidine rings is 1. The Morgan fingerprint density at radius 2 is 2.26 bits per heavy atom. The van der Waals surface area contributed by atoms with Gasteiger partial charge in [-0.1, -0.05) is 6.07 Å². The Hall–Kier alpha value is -2.77. The molecule has 23 heavy (non-hydrogen) atoms. The third kappa shape index (κ3) is 2.92. The van der Waals surface area contributed by atoms with E-state index in [1.807, 2.05) is 0 Å². The summed E-state index contributed by atoms with van der Waals surface area (Å²) in [6.07, 6.45) is 4.13. The maximum absolute atomic E-state index is 12.9. The predicted octanol–water partition coefficient (Wildman–Crippen LogP) is 2.39. The van der Waals surface area contributed by atoms with E-state index >= 15 is 0 Å². The fourth-order valence-electron chi connectivity index (χ4n) is 2.94. The first kappa shape index (κ1) is 15.1. The van der Waals surface area contributed by atoms with E-state index in [0.717, 1.165) is 24.8 Å². The van der Waals surface area contributed by atoms with Crippen molar-refractivity contribution < 1.29 is 9.72 Å². The van der Waals surface area contributed by atoms with Gasteiger partial charge in [-0.15, -0.1) is 0 Å². The number of nitrogens with zero attached hydrogens (tertiary/aromatic N) is 4. The van der Waals surface area contributed by atoms with Gasteiger partial charge in [0.25, 0.3) is 11.6 Å². The molecule has 1 saturated heterocycles. The largest absolute Gasteiger partial charge is 0.328 e. The highest BCUT2D eigenvalue weighted by Gasteiger charge is 2.31. The number of likely N-dealkylation sites (tertiary alicyclic amines) is 1. The van der Waals surface area contributed by atoms with Gasteiger partial charge in [-0.2, -0.15) is 5.10 Å². The summed E-state index contributed by atoms with van der Waals surface area (Å²) in [6.45, 7) is 2.39. The van der Waals surface area contributed by atoms with Crippen molar-refractivity contribution in [2.24, 2.45) is 0 Å². The van der Waals surface area contributed by atoms with Gasteiger partial charge in [0.15, 0.2) is 0 Å². The van der Waals surface area contributed by atoms with E-state index in [2.05, 4.69) is 15.2 Å². The topological polar surface area (TPSA) is 105 Å². The number of non-ortho nitro benzene ring substituents is 1. The molecule has 1 atom stereocenters. The molecule has 2 heterocycles. The van der Waals surface area contributed by atoms with Gasteiger partial charge in [0.2, 0.25) is 0 Å². The normalized spacial score (nSPS) is 18.0. The number of aromatic nitrogens is 3. The highest BCUT2D eigenvalue weighted by Crippen LogP contribution is 2.31. The quantitative estimate of drug-likeness (QED) is 0.691. The van der Waals surface area contributed by atoms with Crippen LogP contribution in [0.1, 0.15) is 47.1 Å². The number of nitrogens with one attached hydrogen (secondary N) is 1. The van der Waals surface area contributed by atoms with Gasteiger partial charge in [-0.3, -0.25) is 20.0 Å². The Bertz CT molecular complexity index is 729. The van der Waals surface area contributed by atoms with Crippen molar-refractivity contribution >= 4 is 11.6 Å². The predicted molar refractivity (Wildman–Crippen MR) is 81.8 cm³/mol. The molecule has 120 valence electrons. The maximum atomic E-state index is 12.9. The lowest BCUT2D eigenvalue weighted by Crippen LogP contribution is -2.39. The molecule has 8 nitrogen and oxygen atoms in total. The molecule has 3 rings (SSSR count). The number of amides is 1. The van der Waals surface area contributed by atoms with E-state index < -0.39 is 4.92 Å². The van der Waals surface area contributed by atoms with Gasteiger partial charge in [0.1, 0.15) is 12.2 Å². The summed E-state index contributed by atoms with van der Waals surface area (Å²) in [4.78, 5) is 29.3. The van der Waals surface area contributed by atoms with Crippen LogP contribution in [0.5, 0.6) is 0 Å². The molecule has 0 saturated carbocycles. The highest BCUT2D eigenvalue weighted by molar-refractivity contribution is 5.96. The minimum Gasteiger partial charge on any atom is -0.328 e. The van der Waals surface area contributed by atoms with Crippen molar-refractivity contribution in [3.63, 3.8) is 0 Å². The van der Waals surface area contributed by atoms with Crippen molar-refractivity contribution in [2.75, 3.05) is 6.54 Å². The lowest BCUT2D eigenvalue weighted by atomic mass is 9.98. The Labute approximate surface area is 132 Å². The Morgan fingerprint density at radius 1 is 1.43 bits per heavy atom. The summed E-state index contributed by atoms with van der Waals surface area (Å²) in [6, 6.07) is 4.20. The second-order valence-electron chi connectivity index (χ2n) is 5.64. The molecule has 1 aromatic carbocycles. The molecule has 0 radical (unpaired) electrons. The van der Waals surface area contributed by atoms with Crippen LogP contribution >= 0.6 is 0 Å². The molecule has 1 N–H and O–H groups in total. The minimum absolute atomic E-state index is 0.0767. The van der Waals surface area contributed by atoms with E-state index in [0.29, 0.717) is 17.9 Å². The second-order valence-corrected chi connectivity index (χ2v) is 5.64. The van der Waals surface area contributed by atoms with Crippen molar-refractivity contribution in [3.05, 3.63) is 51.6 Å². The number of aromatic amines is 1. The number of H-pyrrole nitrogens is 1. The molecule has 8 heteroatoms. The maximum Gasteiger partial charge on any atom is 0.270 e. The summed E-state index contributed by atoms with van der Waals surface area (Å²) in [5, 5.41) is 17.7. The first-order valence-corrected chi connectivity index (χ1v) is 7.49. The summed E-state index contributed by atoms with van der Waals surface area (Å²) >= 11 is 0. The number of nitro groups is 1. The minimum atomic E-state index is -0.486. The van der Waals surface area contributed by atoms with Crippen molar-refractivity contribution in [1.29, 1.82) is 0 Å². The van der Waals surface area contributed by atoms with Crippen LogP contribution in [0.25, 0.3) is 0 Å². The molecular weight excluding hydrogens is 298 g/mol. The van der Waals surface area contributed by atoms with Crippen molar-refractivity contribution in [3.8, 4) is 0 Å². The number of carbonyl (C=O) groups is 1. The summed E-state index contributed by atoms with van der Waals surface area (Å²) in [5.41, 5.74) is 1.01. The molecule has 0 aliphatic carbocycles. The van der Waals surface area contributed by atoms with E-state index in [1.54, 1.807) is 17.9 Å². The van der Waals surface area contributed by atoms with E-state index in [-0.39, 0.29) is 17.6 Å². The Balaban J connectivity index is 1.94. The standard InChI is InChI=1S/C15H17N5O3/c1-10-5-6-11(20(22)23)8-12(10)15(21)19-7-3-2-4-13(19)14-16-9-17-18-14/h5-6,8-9,13H,2-4,7H2,1H3,(H,16,17,18)/t13-/m1/s1. The van der Waals surface area contributed by atoms with Crippen LogP contribution in [0.3, 0.4) is 0 Å². The van der Waals surface area contributed by atoms with Crippen LogP contribution in [-0.2, 0) is 0 Å². The Morgan fingerprint density at radius 3 is 2.96 bits per heavy atom. The Kier molecular flexibility index (Phi) is 4.05. The lowest BCUT2D eigenvalue weighted by molar-refractivity contribution is -0.384. The number of benzene rings is 1. The van der Waals surface area contributed by atoms with E-state index in [9.17, 15) is 14.9 Å². The molecule has 0 unspecified atom stereocenters. The average Bonchev–Trinajstić information content (AvgIpc) is 3.09. The molecule has 1 aliphatic rings. The fraction of sp³-hybridized carbons (Fsp3) is 0.400. The second kappa shape index (κ2) is 6.15. The van der Waals surface area contributed by atoms with Gasteiger partial charge in [0, 0.05) is 24.2 Å². The zero-order valence-corrected chi connectivity index (χ0v) is 12.7. The van der Waals surface area contributed by atoms with E-state index in [1.165, 1.54) is 18.5 Å². The number of hydrogen-bond donors (Lipinski definition) is 1. The van der Waals surface area contributed by atoms with Gasteiger partial charge in [-0.05, 0) is 31.7 Å². The molecular formula is C15H17N5O3. The molecule has 1 aromatic heterocycles. The molecule has 0 bridgehead atoms. The summed E-state index contributed by atoms with van der Waals surface area (Å²) in [5.74, 6) is 0.452. The third-order valence-electron chi connectivity index (χ3n) is 4.18. The van der Waals surface area contributed by atoms with Crippen LogP contribution in [0.15, 0.2) is 24.5 Å². The van der Waals surface area contributed by atoms with Gasteiger partial charge >= 0.3 is 0 Å². The van der Waals surface area contributed by atoms with Crippen LogP contribution in [-0.4, -0.2) is 37.5 Å². The summed E-state index contributed by atoms with van der Waals surface area (Å²) < 4.78 is 0. The first-order chi connectivity index (χ1) is 11.1. The number of rotatable bonds is 3. The molecule has 1 fully saturated rings. The number of nitro benzene ring substituents is 1. The molecule has 2 aromatic rings. The van der Waals surface area contributed by atoms with Crippen LogP contribution in [0, 0.1) is 17.0 Å². The van der Waals surface area contributed by atoms with Crippen molar-refractivity contribution in [2.45, 2.75) is 32.2 Å². The van der Waals surface area contributed by atoms with Gasteiger partial charge < -0.3 is 4.90 Å². The number of aryl methyl sites for hydroxylation is 1. The number of carbonyl (C=O) groups excluding carboxylic acids is 1. The van der Waals surface area contributed by atoms with Gasteiger partial charge in [-0.25, -0.2) is 4.98 Å². The fourth-order valence-corrected chi connectivity index (χ4v) is 2.94. The van der Waals surface area contributed by atoms with Crippen LogP contribution < -0.4 is 0 Å². The van der Waals surface area contributed by atoms with Crippen molar-refractivity contribution in [1.82, 2.24) is 20.1 Å². The molecule has 0 spiro atoms. The summed E-state index contributed by atoms with van der Waals surface area (Å²) in [7, 11) is 0. The zero-order chi connectivity index (χ0) is 16.4. The van der Waals surface area contributed by atoms with Crippen LogP contribution in [0.4, 0.5) is 5.69 Å². The number of hydrogen-bond acceptors (Lipinski definition) is 5. The van der Waals surface area contributed by atoms with Gasteiger partial charge in [0.05, 0.1) is 11.0 Å². The molecule has 1 amide bonds. The zero-order valence-electron chi connectivity index (χ0n) is 12.7. The average molecular weight is 315 g/mol. The van der Waals surface area contributed by atoms with Crippen LogP contribution in [0.2, 0.25) is 0 Å². The lowest BCUT2D eigenvalue weighted by Gasteiger charge is -2.34. The third-order valence-corrected chi connectivity index (χ3v) is 4.18.